The fraction of sp³-hybridized carbons (Fsp3) is 0.182. The van der Waals surface area contributed by atoms with Crippen molar-refractivity contribution in [1.82, 2.24) is 4.90 Å². The average molecular weight is 640 g/mol. The molecule has 8 nitrogen and oxygen atoms in total. The Hall–Kier alpha value is -4.50. The van der Waals surface area contributed by atoms with Crippen molar-refractivity contribution in [3.05, 3.63) is 106 Å². The summed E-state index contributed by atoms with van der Waals surface area (Å²) in [6.45, 7) is 4.06. The first-order valence-electron chi connectivity index (χ1n) is 13.8. The summed E-state index contributed by atoms with van der Waals surface area (Å²) in [5.74, 6) is -0.260. The Labute approximate surface area is 269 Å². The molecule has 0 fully saturated rings. The van der Waals surface area contributed by atoms with Crippen LogP contribution < -0.4 is 16.0 Å². The summed E-state index contributed by atoms with van der Waals surface area (Å²) in [4.78, 5) is 40.8. The van der Waals surface area contributed by atoms with E-state index in [1.807, 2.05) is 54.6 Å². The maximum absolute atomic E-state index is 13.8. The van der Waals surface area contributed by atoms with E-state index in [0.717, 1.165) is 32.3 Å². The highest BCUT2D eigenvalue weighted by atomic mass is 32.2. The zero-order valence-corrected chi connectivity index (χ0v) is 26.5. The van der Waals surface area contributed by atoms with Crippen LogP contribution in [0.4, 0.5) is 16.4 Å². The number of thiophene rings is 1. The molecule has 1 aliphatic heterocycles. The monoisotopic (exact) mass is 639 g/mol. The topological polar surface area (TPSA) is 114 Å². The van der Waals surface area contributed by atoms with Gasteiger partial charge in [-0.05, 0) is 79.2 Å². The van der Waals surface area contributed by atoms with Crippen molar-refractivity contribution >= 4 is 74.4 Å². The molecule has 0 radical (unpaired) electrons. The number of hydrogen-bond donors (Lipinski definition) is 3. The summed E-state index contributed by atoms with van der Waals surface area (Å²) >= 11 is 8.25. The second kappa shape index (κ2) is 13.9. The Kier molecular flexibility index (Phi) is 9.75. The molecule has 4 aromatic rings. The van der Waals surface area contributed by atoms with Crippen LogP contribution in [0.2, 0.25) is 0 Å². The minimum atomic E-state index is -0.601. The number of anilines is 3. The molecule has 0 aliphatic carbocycles. The van der Waals surface area contributed by atoms with Gasteiger partial charge in [0.2, 0.25) is 11.8 Å². The second-order valence-corrected chi connectivity index (χ2v) is 12.8. The van der Waals surface area contributed by atoms with Crippen LogP contribution in [0.3, 0.4) is 0 Å². The van der Waals surface area contributed by atoms with Crippen molar-refractivity contribution < 1.29 is 14.4 Å². The quantitative estimate of drug-likeness (QED) is 0.107. The molecule has 44 heavy (non-hydrogen) atoms. The van der Waals surface area contributed by atoms with E-state index in [0.29, 0.717) is 40.8 Å². The van der Waals surface area contributed by atoms with Crippen molar-refractivity contribution in [2.45, 2.75) is 37.0 Å². The summed E-state index contributed by atoms with van der Waals surface area (Å²) in [6.07, 6.45) is 0.585. The second-order valence-electron chi connectivity index (χ2n) is 10.1. The molecule has 0 saturated carbocycles. The summed E-state index contributed by atoms with van der Waals surface area (Å²) in [7, 11) is 0. The molecular weight excluding hydrogens is 611 g/mol. The molecule has 11 heteroatoms. The lowest BCUT2D eigenvalue weighted by Gasteiger charge is -2.25. The number of benzene rings is 3. The molecule has 1 atom stereocenters. The fourth-order valence-electron chi connectivity index (χ4n) is 4.82. The lowest BCUT2D eigenvalue weighted by Crippen LogP contribution is -2.33. The van der Waals surface area contributed by atoms with E-state index in [1.54, 1.807) is 29.2 Å². The minimum Gasteiger partial charge on any atom is -0.337 e. The lowest BCUT2D eigenvalue weighted by atomic mass is 10.0. The number of thioether (sulfide) groups is 1. The molecule has 1 aromatic heterocycles. The summed E-state index contributed by atoms with van der Waals surface area (Å²) in [5.41, 5.74) is 4.32. The number of carbonyl (C=O) groups excluding carboxylic acids is 3. The van der Waals surface area contributed by atoms with Crippen LogP contribution >= 0.6 is 35.3 Å². The number of amides is 2. The Morgan fingerprint density at radius 3 is 2.36 bits per heavy atom. The van der Waals surface area contributed by atoms with Gasteiger partial charge in [0, 0.05) is 40.2 Å². The number of carbonyl (C=O) groups is 3. The molecule has 222 valence electrons. The summed E-state index contributed by atoms with van der Waals surface area (Å²) in [6, 6.07) is 26.5. The van der Waals surface area contributed by atoms with Gasteiger partial charge in [0.15, 0.2) is 10.9 Å². The molecule has 0 saturated heterocycles. The van der Waals surface area contributed by atoms with Gasteiger partial charge in [-0.2, -0.15) is 5.26 Å². The van der Waals surface area contributed by atoms with Crippen molar-refractivity contribution in [1.29, 1.82) is 5.26 Å². The van der Waals surface area contributed by atoms with Crippen LogP contribution in [-0.4, -0.2) is 34.2 Å². The molecular formula is C33H29N5O3S3. The van der Waals surface area contributed by atoms with Gasteiger partial charge in [-0.25, -0.2) is 0 Å². The number of thiocarbonyl (C=S) groups is 1. The van der Waals surface area contributed by atoms with Crippen molar-refractivity contribution in [3.63, 3.8) is 0 Å². The van der Waals surface area contributed by atoms with Gasteiger partial charge in [0.25, 0.3) is 0 Å². The molecule has 2 heterocycles. The summed E-state index contributed by atoms with van der Waals surface area (Å²) in [5, 5.41) is 19.6. The highest BCUT2D eigenvalue weighted by molar-refractivity contribution is 8.00. The van der Waals surface area contributed by atoms with E-state index in [9.17, 15) is 19.6 Å². The Morgan fingerprint density at radius 2 is 1.68 bits per heavy atom. The minimum absolute atomic E-state index is 0.00456. The predicted molar refractivity (Wildman–Crippen MR) is 180 cm³/mol. The number of Topliss-reactive ketones (excluding diaryl/α,β-unsaturated/α-hetero) is 1. The van der Waals surface area contributed by atoms with E-state index in [-0.39, 0.29) is 17.6 Å². The number of nitrogens with zero attached hydrogens (tertiary/aromatic N) is 2. The molecule has 3 N–H and O–H groups in total. The smallest absolute Gasteiger partial charge is 0.243 e. The van der Waals surface area contributed by atoms with E-state index in [1.165, 1.54) is 36.9 Å². The van der Waals surface area contributed by atoms with Gasteiger partial charge >= 0.3 is 0 Å². The third-order valence-corrected chi connectivity index (χ3v) is 9.67. The number of fused-ring (bicyclic) bond motifs is 1. The number of ketones is 1. The van der Waals surface area contributed by atoms with Gasteiger partial charge in [0.05, 0.1) is 12.1 Å². The summed E-state index contributed by atoms with van der Waals surface area (Å²) < 4.78 is 0. The maximum atomic E-state index is 13.8. The largest absolute Gasteiger partial charge is 0.337 e. The maximum Gasteiger partial charge on any atom is 0.243 e. The third kappa shape index (κ3) is 7.34. The average Bonchev–Trinajstić information content (AvgIpc) is 3.36. The zero-order valence-electron chi connectivity index (χ0n) is 24.0. The first-order chi connectivity index (χ1) is 21.2. The molecule has 0 bridgehead atoms. The Morgan fingerprint density at radius 1 is 0.955 bits per heavy atom. The fourth-order valence-corrected chi connectivity index (χ4v) is 7.36. The van der Waals surface area contributed by atoms with Crippen LogP contribution in [-0.2, 0) is 22.6 Å². The molecule has 1 unspecified atom stereocenters. The van der Waals surface area contributed by atoms with E-state index in [4.69, 9.17) is 12.2 Å². The van der Waals surface area contributed by atoms with Crippen LogP contribution in [0, 0.1) is 11.3 Å². The van der Waals surface area contributed by atoms with Crippen molar-refractivity contribution in [3.8, 4) is 6.07 Å². The van der Waals surface area contributed by atoms with Gasteiger partial charge < -0.3 is 20.9 Å². The molecule has 1 aliphatic rings. The predicted octanol–water partition coefficient (Wildman–Crippen LogP) is 7.01. The number of rotatable bonds is 8. The van der Waals surface area contributed by atoms with Crippen molar-refractivity contribution in [2.24, 2.45) is 0 Å². The van der Waals surface area contributed by atoms with Crippen LogP contribution in [0.25, 0.3) is 0 Å². The Balaban J connectivity index is 1.32. The number of hydrogen-bond acceptors (Lipinski definition) is 7. The SMILES string of the molecule is CC(=O)c1ccc(NC(=S)Nc2cccc(SC(C(=O)Nc3sc4c(c3C#N)CCN(C(C)=O)C4)c3ccccc3)c2)cc1. The standard InChI is InChI=1S/C33H29N5O3S3/c1-20(39)22-11-13-24(14-12-22)35-33(42)36-25-9-6-10-26(17-25)43-30(23-7-4-3-5-8-23)31(41)37-32-28(18-34)27-15-16-38(21(2)40)19-29(27)44-32/h3-14,17,30H,15-16,19H2,1-2H3,(H,37,41)(H2,35,36,42). The first-order valence-corrected chi connectivity index (χ1v) is 15.9. The van der Waals surface area contributed by atoms with Crippen LogP contribution in [0.15, 0.2) is 83.8 Å². The normalized spacial score (nSPS) is 12.8. The van der Waals surface area contributed by atoms with Crippen LogP contribution in [0.1, 0.15) is 51.0 Å². The van der Waals surface area contributed by atoms with E-state index >= 15 is 0 Å². The molecule has 5 rings (SSSR count). The third-order valence-electron chi connectivity index (χ3n) is 7.09. The number of nitriles is 1. The van der Waals surface area contributed by atoms with Gasteiger partial charge in [-0.3, -0.25) is 14.4 Å². The van der Waals surface area contributed by atoms with Crippen LogP contribution in [0.5, 0.6) is 0 Å². The molecule has 2 amide bonds. The highest BCUT2D eigenvalue weighted by Crippen LogP contribution is 2.40. The Bertz CT molecular complexity index is 1760. The van der Waals surface area contributed by atoms with Crippen molar-refractivity contribution in [2.75, 3.05) is 22.5 Å². The van der Waals surface area contributed by atoms with Gasteiger partial charge in [0.1, 0.15) is 16.3 Å². The lowest BCUT2D eigenvalue weighted by molar-refractivity contribution is -0.129. The molecule has 0 spiro atoms. The zero-order chi connectivity index (χ0) is 31.2. The van der Waals surface area contributed by atoms with Gasteiger partial charge in [-0.15, -0.1) is 23.1 Å². The number of nitrogens with one attached hydrogen (secondary N) is 3. The highest BCUT2D eigenvalue weighted by Gasteiger charge is 2.29. The van der Waals surface area contributed by atoms with E-state index < -0.39 is 5.25 Å². The van der Waals surface area contributed by atoms with E-state index in [2.05, 4.69) is 22.0 Å². The molecule has 3 aromatic carbocycles. The van der Waals surface area contributed by atoms with Gasteiger partial charge in [-0.1, -0.05) is 36.4 Å². The first kappa shape index (κ1) is 30.9.